The number of carbonyl (C=O) groups is 2. The predicted molar refractivity (Wildman–Crippen MR) is 108 cm³/mol. The van der Waals surface area contributed by atoms with Gasteiger partial charge < -0.3 is 20.5 Å². The zero-order chi connectivity index (χ0) is 19.4. The van der Waals surface area contributed by atoms with Gasteiger partial charge in [-0.05, 0) is 63.4 Å². The number of amides is 2. The minimum Gasteiger partial charge on any atom is -0.342 e. The molecule has 146 valence electrons. The lowest BCUT2D eigenvalue weighted by molar-refractivity contribution is -0.131. The van der Waals surface area contributed by atoms with Crippen LogP contribution in [0, 0.1) is 11.8 Å². The number of hydrogen-bond acceptors (Lipinski definition) is 3. The molecule has 0 aliphatic heterocycles. The monoisotopic (exact) mass is 370 g/mol. The molecule has 0 spiro atoms. The third-order valence-electron chi connectivity index (χ3n) is 5.76. The fourth-order valence-electron chi connectivity index (χ4n) is 4.14. The first-order valence-corrected chi connectivity index (χ1v) is 9.95. The average molecular weight is 370 g/mol. The highest BCUT2D eigenvalue weighted by atomic mass is 16.2. The van der Waals surface area contributed by atoms with Gasteiger partial charge in [-0.25, -0.2) is 0 Å². The second kappa shape index (κ2) is 8.57. The number of anilines is 1. The molecule has 1 aromatic carbocycles. The van der Waals surface area contributed by atoms with Crippen LogP contribution in [-0.4, -0.2) is 40.9 Å². The van der Waals surface area contributed by atoms with E-state index in [1.54, 1.807) is 0 Å². The van der Waals surface area contributed by atoms with Crippen molar-refractivity contribution in [1.29, 1.82) is 0 Å². The lowest BCUT2D eigenvalue weighted by Crippen LogP contribution is -2.33. The van der Waals surface area contributed by atoms with Gasteiger partial charge in [-0.2, -0.15) is 0 Å². The average Bonchev–Trinajstić information content (AvgIpc) is 3.29. The molecule has 0 saturated heterocycles. The summed E-state index contributed by atoms with van der Waals surface area (Å²) in [4.78, 5) is 26.8. The van der Waals surface area contributed by atoms with E-state index in [1.165, 1.54) is 0 Å². The van der Waals surface area contributed by atoms with Crippen LogP contribution in [-0.2, 0) is 16.1 Å². The molecule has 2 amide bonds. The molecule has 0 bridgehead atoms. The summed E-state index contributed by atoms with van der Waals surface area (Å²) in [5.74, 6) is 0.491. The van der Waals surface area contributed by atoms with Gasteiger partial charge >= 0.3 is 0 Å². The summed E-state index contributed by atoms with van der Waals surface area (Å²) in [5, 5.41) is 4.06. The number of hydrogen-bond donors (Lipinski definition) is 2. The molecule has 1 heterocycles. The summed E-state index contributed by atoms with van der Waals surface area (Å²) in [6.45, 7) is 6.32. The molecule has 3 N–H and O–H groups in total. The van der Waals surface area contributed by atoms with Crippen molar-refractivity contribution < 1.29 is 9.59 Å². The SMILES string of the molecule is CCN(CC)C(=O)Cn1ccc2cc(NC(=O)[C@@H]3CCC[C@@H]3CN)ccc21. The van der Waals surface area contributed by atoms with E-state index in [2.05, 4.69) is 5.32 Å². The normalized spacial score (nSPS) is 19.4. The highest BCUT2D eigenvalue weighted by Gasteiger charge is 2.31. The summed E-state index contributed by atoms with van der Waals surface area (Å²) in [5.41, 5.74) is 7.59. The summed E-state index contributed by atoms with van der Waals surface area (Å²) >= 11 is 0. The number of fused-ring (bicyclic) bond motifs is 1. The molecule has 0 radical (unpaired) electrons. The molecule has 1 aromatic heterocycles. The van der Waals surface area contributed by atoms with E-state index in [1.807, 2.05) is 53.8 Å². The molecule has 1 aliphatic carbocycles. The summed E-state index contributed by atoms with van der Waals surface area (Å²) in [6.07, 6.45) is 4.96. The van der Waals surface area contributed by atoms with Crippen molar-refractivity contribution >= 4 is 28.4 Å². The van der Waals surface area contributed by atoms with E-state index < -0.39 is 0 Å². The van der Waals surface area contributed by atoms with Crippen molar-refractivity contribution in [3.8, 4) is 0 Å². The van der Waals surface area contributed by atoms with Crippen LogP contribution in [0.5, 0.6) is 0 Å². The number of nitrogens with zero attached hydrogens (tertiary/aromatic N) is 2. The fourth-order valence-corrected chi connectivity index (χ4v) is 4.14. The van der Waals surface area contributed by atoms with E-state index in [4.69, 9.17) is 5.73 Å². The minimum absolute atomic E-state index is 0.0157. The summed E-state index contributed by atoms with van der Waals surface area (Å²) < 4.78 is 1.96. The Morgan fingerprint density at radius 2 is 2.00 bits per heavy atom. The highest BCUT2D eigenvalue weighted by molar-refractivity contribution is 5.95. The van der Waals surface area contributed by atoms with E-state index >= 15 is 0 Å². The van der Waals surface area contributed by atoms with Gasteiger partial charge in [0.25, 0.3) is 0 Å². The van der Waals surface area contributed by atoms with Gasteiger partial charge in [0.2, 0.25) is 11.8 Å². The second-order valence-electron chi connectivity index (χ2n) is 7.31. The van der Waals surface area contributed by atoms with Gasteiger partial charge in [0.05, 0.1) is 0 Å². The van der Waals surface area contributed by atoms with Gasteiger partial charge in [-0.1, -0.05) is 6.42 Å². The van der Waals surface area contributed by atoms with Crippen LogP contribution in [0.3, 0.4) is 0 Å². The standard InChI is InChI=1S/C21H30N4O2/c1-3-24(4-2)20(26)14-25-11-10-15-12-17(8-9-19(15)25)23-21(27)18-7-5-6-16(18)13-22/h8-12,16,18H,3-7,13-14,22H2,1-2H3,(H,23,27)/t16-,18-/m1/s1. The molecule has 27 heavy (non-hydrogen) atoms. The first kappa shape index (κ1) is 19.4. The van der Waals surface area contributed by atoms with Crippen molar-refractivity contribution in [2.75, 3.05) is 25.0 Å². The minimum atomic E-state index is 0.0157. The van der Waals surface area contributed by atoms with Gasteiger partial charge in [-0.15, -0.1) is 0 Å². The highest BCUT2D eigenvalue weighted by Crippen LogP contribution is 2.32. The van der Waals surface area contributed by atoms with Gasteiger partial charge in [0.15, 0.2) is 0 Å². The Balaban J connectivity index is 1.71. The Hall–Kier alpha value is -2.34. The molecule has 2 atom stereocenters. The number of aromatic nitrogens is 1. The summed E-state index contributed by atoms with van der Waals surface area (Å²) in [7, 11) is 0. The maximum atomic E-state index is 12.6. The van der Waals surface area contributed by atoms with Gasteiger partial charge in [-0.3, -0.25) is 9.59 Å². The number of likely N-dealkylation sites (N-methyl/N-ethyl adjacent to an activating group) is 1. The van der Waals surface area contributed by atoms with E-state index in [9.17, 15) is 9.59 Å². The van der Waals surface area contributed by atoms with E-state index in [-0.39, 0.29) is 17.7 Å². The van der Waals surface area contributed by atoms with Crippen LogP contribution in [0.25, 0.3) is 10.9 Å². The van der Waals surface area contributed by atoms with Crippen LogP contribution in [0.15, 0.2) is 30.5 Å². The Bertz CT molecular complexity index is 810. The molecule has 2 aromatic rings. The van der Waals surface area contributed by atoms with Crippen molar-refractivity contribution in [2.24, 2.45) is 17.6 Å². The van der Waals surface area contributed by atoms with Crippen molar-refractivity contribution in [1.82, 2.24) is 9.47 Å². The predicted octanol–water partition coefficient (Wildman–Crippen LogP) is 2.82. The first-order chi connectivity index (χ1) is 13.1. The molecule has 1 fully saturated rings. The lowest BCUT2D eigenvalue weighted by atomic mass is 9.95. The Morgan fingerprint density at radius 1 is 1.22 bits per heavy atom. The maximum absolute atomic E-state index is 12.6. The van der Waals surface area contributed by atoms with Crippen LogP contribution >= 0.6 is 0 Å². The molecule has 0 unspecified atom stereocenters. The number of benzene rings is 1. The van der Waals surface area contributed by atoms with Crippen LogP contribution in [0.4, 0.5) is 5.69 Å². The first-order valence-electron chi connectivity index (χ1n) is 9.95. The van der Waals surface area contributed by atoms with Gasteiger partial charge in [0, 0.05) is 41.8 Å². The lowest BCUT2D eigenvalue weighted by Gasteiger charge is -2.19. The Labute approximate surface area is 160 Å². The molecule has 6 heteroatoms. The molecular weight excluding hydrogens is 340 g/mol. The largest absolute Gasteiger partial charge is 0.342 e. The van der Waals surface area contributed by atoms with Crippen molar-refractivity contribution in [3.63, 3.8) is 0 Å². The van der Waals surface area contributed by atoms with E-state index in [0.29, 0.717) is 19.0 Å². The molecular formula is C21H30N4O2. The fraction of sp³-hybridized carbons (Fsp3) is 0.524. The maximum Gasteiger partial charge on any atom is 0.242 e. The molecule has 1 saturated carbocycles. The molecule has 3 rings (SSSR count). The third kappa shape index (κ3) is 4.16. The van der Waals surface area contributed by atoms with E-state index in [0.717, 1.165) is 48.9 Å². The second-order valence-corrected chi connectivity index (χ2v) is 7.31. The third-order valence-corrected chi connectivity index (χ3v) is 5.76. The van der Waals surface area contributed by atoms with Crippen LogP contribution < -0.4 is 11.1 Å². The Kier molecular flexibility index (Phi) is 6.16. The molecule has 6 nitrogen and oxygen atoms in total. The molecule has 1 aliphatic rings. The Morgan fingerprint density at radius 3 is 2.70 bits per heavy atom. The topological polar surface area (TPSA) is 80.4 Å². The van der Waals surface area contributed by atoms with Crippen LogP contribution in [0.1, 0.15) is 33.1 Å². The number of rotatable bonds is 7. The van der Waals surface area contributed by atoms with Crippen molar-refractivity contribution in [2.45, 2.75) is 39.7 Å². The summed E-state index contributed by atoms with van der Waals surface area (Å²) in [6, 6.07) is 7.83. The number of nitrogens with one attached hydrogen (secondary N) is 1. The van der Waals surface area contributed by atoms with Gasteiger partial charge in [0.1, 0.15) is 6.54 Å². The zero-order valence-corrected chi connectivity index (χ0v) is 16.3. The number of nitrogens with two attached hydrogens (primary N) is 1. The quantitative estimate of drug-likeness (QED) is 0.786. The smallest absolute Gasteiger partial charge is 0.242 e. The number of carbonyl (C=O) groups excluding carboxylic acids is 2. The zero-order valence-electron chi connectivity index (χ0n) is 16.3. The van der Waals surface area contributed by atoms with Crippen LogP contribution in [0.2, 0.25) is 0 Å². The van der Waals surface area contributed by atoms with Crippen molar-refractivity contribution in [3.05, 3.63) is 30.5 Å².